The SMILES string of the molecule is Cc1cc(-c2n[nH]c(C(=O)NCC3CCNCC3)c2C(C)C)cn2ncnc12. The predicted molar refractivity (Wildman–Crippen MR) is 107 cm³/mol. The second-order valence-corrected chi connectivity index (χ2v) is 7.86. The second kappa shape index (κ2) is 7.71. The Hall–Kier alpha value is -2.74. The summed E-state index contributed by atoms with van der Waals surface area (Å²) in [6.07, 6.45) is 5.65. The molecule has 3 aromatic rings. The summed E-state index contributed by atoms with van der Waals surface area (Å²) in [5, 5.41) is 18.2. The van der Waals surface area contributed by atoms with Crippen molar-refractivity contribution >= 4 is 11.6 Å². The molecule has 0 spiro atoms. The number of nitrogens with one attached hydrogen (secondary N) is 3. The summed E-state index contributed by atoms with van der Waals surface area (Å²) in [6, 6.07) is 2.04. The molecule has 1 fully saturated rings. The van der Waals surface area contributed by atoms with Crippen molar-refractivity contribution in [3.05, 3.63) is 35.4 Å². The van der Waals surface area contributed by atoms with Crippen molar-refractivity contribution in [2.24, 2.45) is 5.92 Å². The van der Waals surface area contributed by atoms with Crippen molar-refractivity contribution in [3.8, 4) is 11.3 Å². The first-order chi connectivity index (χ1) is 13.5. The van der Waals surface area contributed by atoms with Crippen LogP contribution in [0, 0.1) is 12.8 Å². The van der Waals surface area contributed by atoms with Crippen LogP contribution in [-0.2, 0) is 0 Å². The molecular weight excluding hydrogens is 354 g/mol. The highest BCUT2D eigenvalue weighted by atomic mass is 16.1. The van der Waals surface area contributed by atoms with E-state index >= 15 is 0 Å². The number of aromatic nitrogens is 5. The van der Waals surface area contributed by atoms with Crippen LogP contribution in [0.4, 0.5) is 0 Å². The van der Waals surface area contributed by atoms with Crippen molar-refractivity contribution in [1.82, 2.24) is 35.4 Å². The summed E-state index contributed by atoms with van der Waals surface area (Å²) in [5.74, 6) is 0.604. The van der Waals surface area contributed by atoms with Gasteiger partial charge in [0, 0.05) is 23.9 Å². The number of aryl methyl sites for hydroxylation is 1. The number of carbonyl (C=O) groups is 1. The van der Waals surface area contributed by atoms with Gasteiger partial charge in [-0.1, -0.05) is 13.8 Å². The largest absolute Gasteiger partial charge is 0.350 e. The van der Waals surface area contributed by atoms with Crippen LogP contribution in [0.25, 0.3) is 16.9 Å². The molecule has 0 radical (unpaired) electrons. The lowest BCUT2D eigenvalue weighted by atomic mass is 9.95. The fraction of sp³-hybridized carbons (Fsp3) is 0.500. The van der Waals surface area contributed by atoms with Crippen molar-refractivity contribution in [1.29, 1.82) is 0 Å². The first kappa shape index (κ1) is 18.6. The third-order valence-electron chi connectivity index (χ3n) is 5.45. The minimum absolute atomic E-state index is 0.0838. The van der Waals surface area contributed by atoms with Crippen molar-refractivity contribution in [3.63, 3.8) is 0 Å². The molecule has 0 aromatic carbocycles. The molecule has 0 aliphatic carbocycles. The highest BCUT2D eigenvalue weighted by Crippen LogP contribution is 2.31. The van der Waals surface area contributed by atoms with E-state index in [2.05, 4.69) is 44.8 Å². The number of nitrogens with zero attached hydrogens (tertiary/aromatic N) is 4. The maximum Gasteiger partial charge on any atom is 0.269 e. The van der Waals surface area contributed by atoms with E-state index in [9.17, 15) is 4.79 Å². The van der Waals surface area contributed by atoms with Crippen molar-refractivity contribution in [2.75, 3.05) is 19.6 Å². The Bertz CT molecular complexity index is 982. The Morgan fingerprint density at radius 3 is 2.89 bits per heavy atom. The van der Waals surface area contributed by atoms with Crippen molar-refractivity contribution in [2.45, 2.75) is 39.5 Å². The first-order valence-electron chi connectivity index (χ1n) is 9.92. The Morgan fingerprint density at radius 2 is 2.14 bits per heavy atom. The molecule has 28 heavy (non-hydrogen) atoms. The van der Waals surface area contributed by atoms with E-state index in [-0.39, 0.29) is 11.8 Å². The zero-order chi connectivity index (χ0) is 19.7. The minimum Gasteiger partial charge on any atom is -0.350 e. The normalized spacial score (nSPS) is 15.4. The van der Waals surface area contributed by atoms with E-state index in [1.54, 1.807) is 10.8 Å². The maximum absolute atomic E-state index is 12.9. The number of rotatable bonds is 5. The fourth-order valence-electron chi connectivity index (χ4n) is 3.94. The molecule has 8 nitrogen and oxygen atoms in total. The standard InChI is InChI=1S/C20H27N7O/c1-12(2)16-17(15-8-13(3)19-23-11-24-27(19)10-15)25-26-18(16)20(28)22-9-14-4-6-21-7-5-14/h8,10-12,14,21H,4-7,9H2,1-3H3,(H,22,28)(H,25,26). The average Bonchev–Trinajstić information content (AvgIpc) is 3.34. The van der Waals surface area contributed by atoms with Gasteiger partial charge in [-0.05, 0) is 56.3 Å². The molecule has 8 heteroatoms. The van der Waals surface area contributed by atoms with Crippen LogP contribution < -0.4 is 10.6 Å². The van der Waals surface area contributed by atoms with Crippen LogP contribution in [0.5, 0.6) is 0 Å². The molecule has 148 valence electrons. The lowest BCUT2D eigenvalue weighted by molar-refractivity contribution is 0.0938. The fourth-order valence-corrected chi connectivity index (χ4v) is 3.94. The number of H-pyrrole nitrogens is 1. The lowest BCUT2D eigenvalue weighted by Crippen LogP contribution is -2.36. The van der Waals surface area contributed by atoms with Gasteiger partial charge < -0.3 is 10.6 Å². The van der Waals surface area contributed by atoms with Gasteiger partial charge in [0.15, 0.2) is 5.65 Å². The predicted octanol–water partition coefficient (Wildman–Crippen LogP) is 2.28. The number of aromatic amines is 1. The highest BCUT2D eigenvalue weighted by molar-refractivity contribution is 5.95. The van der Waals surface area contributed by atoms with E-state index < -0.39 is 0 Å². The van der Waals surface area contributed by atoms with Crippen LogP contribution in [0.2, 0.25) is 0 Å². The molecule has 0 atom stereocenters. The lowest BCUT2D eigenvalue weighted by Gasteiger charge is -2.22. The zero-order valence-corrected chi connectivity index (χ0v) is 16.6. The third-order valence-corrected chi connectivity index (χ3v) is 5.45. The van der Waals surface area contributed by atoms with E-state index in [1.807, 2.05) is 19.2 Å². The van der Waals surface area contributed by atoms with Crippen LogP contribution in [0.3, 0.4) is 0 Å². The molecule has 0 unspecified atom stereocenters. The van der Waals surface area contributed by atoms with E-state index in [0.717, 1.165) is 54.0 Å². The summed E-state index contributed by atoms with van der Waals surface area (Å²) in [6.45, 7) is 8.92. The molecule has 3 aromatic heterocycles. The van der Waals surface area contributed by atoms with Gasteiger partial charge in [0.05, 0.1) is 5.69 Å². The zero-order valence-electron chi connectivity index (χ0n) is 16.6. The van der Waals surface area contributed by atoms with Crippen LogP contribution in [0.1, 0.15) is 54.2 Å². The Balaban J connectivity index is 1.62. The second-order valence-electron chi connectivity index (χ2n) is 7.86. The van der Waals surface area contributed by atoms with E-state index in [1.165, 1.54) is 0 Å². The number of hydrogen-bond acceptors (Lipinski definition) is 5. The summed E-state index contributed by atoms with van der Waals surface area (Å²) in [4.78, 5) is 17.1. The number of amides is 1. The van der Waals surface area contributed by atoms with Crippen molar-refractivity contribution < 1.29 is 4.79 Å². The van der Waals surface area contributed by atoms with Gasteiger partial charge in [0.25, 0.3) is 5.91 Å². The molecule has 0 bridgehead atoms. The topological polar surface area (TPSA) is 100 Å². The van der Waals surface area contributed by atoms with Crippen LogP contribution in [0.15, 0.2) is 18.6 Å². The Kier molecular flexibility index (Phi) is 5.13. The number of carbonyl (C=O) groups excluding carboxylic acids is 1. The number of piperidine rings is 1. The average molecular weight is 381 g/mol. The van der Waals surface area contributed by atoms with Gasteiger partial charge in [-0.15, -0.1) is 0 Å². The molecular formula is C20H27N7O. The van der Waals surface area contributed by atoms with Gasteiger partial charge in [-0.2, -0.15) is 10.2 Å². The maximum atomic E-state index is 12.9. The number of pyridine rings is 1. The third kappa shape index (κ3) is 3.52. The van der Waals surface area contributed by atoms with Crippen LogP contribution >= 0.6 is 0 Å². The Labute approximate surface area is 164 Å². The van der Waals surface area contributed by atoms with E-state index in [4.69, 9.17) is 0 Å². The molecule has 4 heterocycles. The molecule has 1 aliphatic heterocycles. The minimum atomic E-state index is -0.0838. The molecule has 4 rings (SSSR count). The smallest absolute Gasteiger partial charge is 0.269 e. The summed E-state index contributed by atoms with van der Waals surface area (Å²) in [5.41, 5.74) is 5.04. The monoisotopic (exact) mass is 381 g/mol. The summed E-state index contributed by atoms with van der Waals surface area (Å²) in [7, 11) is 0. The summed E-state index contributed by atoms with van der Waals surface area (Å²) >= 11 is 0. The quantitative estimate of drug-likeness (QED) is 0.630. The molecule has 1 saturated heterocycles. The summed E-state index contributed by atoms with van der Waals surface area (Å²) < 4.78 is 1.75. The van der Waals surface area contributed by atoms with Gasteiger partial charge >= 0.3 is 0 Å². The van der Waals surface area contributed by atoms with Crippen LogP contribution in [-0.4, -0.2) is 50.3 Å². The molecule has 0 saturated carbocycles. The number of fused-ring (bicyclic) bond motifs is 1. The molecule has 3 N–H and O–H groups in total. The van der Waals surface area contributed by atoms with Gasteiger partial charge in [0.2, 0.25) is 0 Å². The van der Waals surface area contributed by atoms with Gasteiger partial charge in [-0.3, -0.25) is 9.89 Å². The van der Waals surface area contributed by atoms with Gasteiger partial charge in [-0.25, -0.2) is 9.50 Å². The highest BCUT2D eigenvalue weighted by Gasteiger charge is 2.24. The number of hydrogen-bond donors (Lipinski definition) is 3. The Morgan fingerprint density at radius 1 is 1.36 bits per heavy atom. The molecule has 1 amide bonds. The van der Waals surface area contributed by atoms with Gasteiger partial charge in [0.1, 0.15) is 12.0 Å². The van der Waals surface area contributed by atoms with E-state index in [0.29, 0.717) is 18.2 Å². The first-order valence-corrected chi connectivity index (χ1v) is 9.92. The molecule has 1 aliphatic rings.